The van der Waals surface area contributed by atoms with Crippen molar-refractivity contribution in [3.05, 3.63) is 54.1 Å². The van der Waals surface area contributed by atoms with Crippen molar-refractivity contribution >= 4 is 32.9 Å². The first-order valence-electron chi connectivity index (χ1n) is 10.5. The average molecular weight is 473 g/mol. The molecule has 0 aliphatic rings. The molecule has 2 amide bonds. The van der Waals surface area contributed by atoms with Crippen LogP contribution >= 0.6 is 0 Å². The molecule has 0 bridgehead atoms. The van der Waals surface area contributed by atoms with Crippen LogP contribution < -0.4 is 10.6 Å². The Morgan fingerprint density at radius 2 is 1.73 bits per heavy atom. The molecule has 0 saturated heterocycles. The third-order valence-electron chi connectivity index (χ3n) is 5.21. The van der Waals surface area contributed by atoms with Gasteiger partial charge in [-0.15, -0.1) is 0 Å². The fourth-order valence-electron chi connectivity index (χ4n) is 3.24. The van der Waals surface area contributed by atoms with Gasteiger partial charge in [0, 0.05) is 65.9 Å². The molecule has 0 aliphatic heterocycles. The highest BCUT2D eigenvalue weighted by Gasteiger charge is 2.19. The molecular formula is C22H28N6O4S. The summed E-state index contributed by atoms with van der Waals surface area (Å²) in [5.41, 5.74) is 2.30. The number of hydrogen-bond donors (Lipinski definition) is 2. The minimum absolute atomic E-state index is 0.147. The molecule has 3 aromatic rings. The van der Waals surface area contributed by atoms with Gasteiger partial charge in [-0.3, -0.25) is 14.6 Å². The Morgan fingerprint density at radius 1 is 1.03 bits per heavy atom. The van der Waals surface area contributed by atoms with Gasteiger partial charge in [-0.05, 0) is 35.9 Å². The van der Waals surface area contributed by atoms with E-state index < -0.39 is 10.0 Å². The summed E-state index contributed by atoms with van der Waals surface area (Å²) in [7, 11) is 1.24. The van der Waals surface area contributed by atoms with Crippen LogP contribution in [0.15, 0.2) is 47.6 Å². The van der Waals surface area contributed by atoms with E-state index in [2.05, 4.69) is 20.6 Å². The summed E-state index contributed by atoms with van der Waals surface area (Å²) in [6.45, 7) is 0.662. The maximum atomic E-state index is 12.4. The van der Waals surface area contributed by atoms with Crippen molar-refractivity contribution in [3.63, 3.8) is 0 Å². The Bertz CT molecular complexity index is 1240. The fraction of sp³-hybridized carbons (Fsp3) is 0.364. The van der Waals surface area contributed by atoms with Crippen LogP contribution in [0.25, 0.3) is 11.0 Å². The van der Waals surface area contributed by atoms with Crippen LogP contribution in [0.2, 0.25) is 0 Å². The quantitative estimate of drug-likeness (QED) is 0.453. The van der Waals surface area contributed by atoms with Gasteiger partial charge >= 0.3 is 0 Å². The van der Waals surface area contributed by atoms with E-state index in [0.717, 1.165) is 15.4 Å². The summed E-state index contributed by atoms with van der Waals surface area (Å²) in [6.07, 6.45) is 4.11. The molecule has 0 spiro atoms. The predicted octanol–water partition coefficient (Wildman–Crippen LogP) is 0.974. The number of carbonyl (C=O) groups excluding carboxylic acids is 2. The Kier molecular flexibility index (Phi) is 7.77. The highest BCUT2D eigenvalue weighted by Crippen LogP contribution is 2.21. The van der Waals surface area contributed by atoms with Crippen molar-refractivity contribution in [2.24, 2.45) is 7.05 Å². The average Bonchev–Trinajstić information content (AvgIpc) is 3.11. The summed E-state index contributed by atoms with van der Waals surface area (Å²) in [5, 5.41) is 5.54. The van der Waals surface area contributed by atoms with Crippen LogP contribution in [0, 0.1) is 0 Å². The number of hydrogen-bond acceptors (Lipinski definition) is 6. The molecule has 0 atom stereocenters. The topological polar surface area (TPSA) is 126 Å². The van der Waals surface area contributed by atoms with Crippen molar-refractivity contribution in [3.8, 4) is 0 Å². The SMILES string of the molecule is CN(C)S(=O)(=O)c1ccc2c(c1)nc(CCC(=O)NCCC(=O)NCc1ccncc1)n2C. The number of aromatic nitrogens is 3. The number of fused-ring (bicyclic) bond motifs is 1. The number of rotatable bonds is 10. The number of pyridine rings is 1. The standard InChI is InChI=1S/C22H28N6O4S/c1-27(2)33(31,32)17-4-5-19-18(14-17)26-20(28(19)3)6-7-21(29)24-13-10-22(30)25-15-16-8-11-23-12-9-16/h4-5,8-9,11-12,14H,6-7,10,13,15H2,1-3H3,(H,24,29)(H,25,30). The van der Waals surface area contributed by atoms with Gasteiger partial charge in [0.15, 0.2) is 0 Å². The summed E-state index contributed by atoms with van der Waals surface area (Å²) in [6, 6.07) is 8.46. The van der Waals surface area contributed by atoms with E-state index in [-0.39, 0.29) is 36.1 Å². The molecular weight excluding hydrogens is 444 g/mol. The highest BCUT2D eigenvalue weighted by molar-refractivity contribution is 7.89. The number of amides is 2. The Balaban J connectivity index is 1.49. The second kappa shape index (κ2) is 10.5. The number of nitrogens with one attached hydrogen (secondary N) is 2. The van der Waals surface area contributed by atoms with Crippen molar-refractivity contribution in [2.45, 2.75) is 30.7 Å². The van der Waals surface area contributed by atoms with Gasteiger partial charge in [0.2, 0.25) is 21.8 Å². The van der Waals surface area contributed by atoms with E-state index in [1.807, 2.05) is 23.7 Å². The Labute approximate surface area is 193 Å². The fourth-order valence-corrected chi connectivity index (χ4v) is 4.17. The Morgan fingerprint density at radius 3 is 2.42 bits per heavy atom. The van der Waals surface area contributed by atoms with Gasteiger partial charge in [-0.25, -0.2) is 17.7 Å². The van der Waals surface area contributed by atoms with Crippen LogP contribution in [0.1, 0.15) is 24.2 Å². The van der Waals surface area contributed by atoms with Gasteiger partial charge in [0.05, 0.1) is 15.9 Å². The first-order valence-corrected chi connectivity index (χ1v) is 11.9. The highest BCUT2D eigenvalue weighted by atomic mass is 32.2. The second-order valence-electron chi connectivity index (χ2n) is 7.76. The van der Waals surface area contributed by atoms with Crippen LogP contribution in [0.3, 0.4) is 0 Å². The third-order valence-corrected chi connectivity index (χ3v) is 7.02. The van der Waals surface area contributed by atoms with Gasteiger partial charge in [0.25, 0.3) is 0 Å². The molecule has 2 heterocycles. The van der Waals surface area contributed by atoms with Gasteiger partial charge in [-0.2, -0.15) is 0 Å². The number of sulfonamides is 1. The predicted molar refractivity (Wildman–Crippen MR) is 124 cm³/mol. The van der Waals surface area contributed by atoms with Gasteiger partial charge < -0.3 is 15.2 Å². The van der Waals surface area contributed by atoms with E-state index >= 15 is 0 Å². The summed E-state index contributed by atoms with van der Waals surface area (Å²) < 4.78 is 27.7. The van der Waals surface area contributed by atoms with Crippen LogP contribution in [-0.2, 0) is 39.6 Å². The minimum Gasteiger partial charge on any atom is -0.356 e. The number of imidazole rings is 1. The smallest absolute Gasteiger partial charge is 0.242 e. The van der Waals surface area contributed by atoms with Gasteiger partial charge in [-0.1, -0.05) is 0 Å². The number of benzene rings is 1. The molecule has 3 rings (SSSR count). The number of carbonyl (C=O) groups is 2. The molecule has 10 nitrogen and oxygen atoms in total. The molecule has 33 heavy (non-hydrogen) atoms. The molecule has 11 heteroatoms. The van der Waals surface area contributed by atoms with E-state index in [4.69, 9.17) is 0 Å². The maximum absolute atomic E-state index is 12.4. The van der Waals surface area contributed by atoms with Crippen LogP contribution in [0.4, 0.5) is 0 Å². The zero-order chi connectivity index (χ0) is 24.0. The third kappa shape index (κ3) is 6.14. The monoisotopic (exact) mass is 472 g/mol. The molecule has 0 aliphatic carbocycles. The van der Waals surface area contributed by atoms with Gasteiger partial charge in [0.1, 0.15) is 5.82 Å². The zero-order valence-corrected chi connectivity index (χ0v) is 19.7. The van der Waals surface area contributed by atoms with Crippen molar-refractivity contribution in [2.75, 3.05) is 20.6 Å². The van der Waals surface area contributed by atoms with Crippen molar-refractivity contribution < 1.29 is 18.0 Å². The minimum atomic E-state index is -3.55. The number of aryl methyl sites for hydroxylation is 2. The maximum Gasteiger partial charge on any atom is 0.242 e. The number of nitrogens with zero attached hydrogens (tertiary/aromatic N) is 4. The lowest BCUT2D eigenvalue weighted by atomic mass is 10.2. The lowest BCUT2D eigenvalue weighted by molar-refractivity contribution is -0.122. The summed E-state index contributed by atoms with van der Waals surface area (Å²) in [5.74, 6) is 0.348. The molecule has 0 radical (unpaired) electrons. The lowest BCUT2D eigenvalue weighted by Gasteiger charge is -2.10. The zero-order valence-electron chi connectivity index (χ0n) is 18.9. The molecule has 2 N–H and O–H groups in total. The van der Waals surface area contributed by atoms with E-state index in [9.17, 15) is 18.0 Å². The Hall–Kier alpha value is -3.31. The van der Waals surface area contributed by atoms with Crippen LogP contribution in [-0.4, -0.2) is 59.7 Å². The molecule has 1 aromatic carbocycles. The summed E-state index contributed by atoms with van der Waals surface area (Å²) >= 11 is 0. The van der Waals surface area contributed by atoms with E-state index in [1.165, 1.54) is 14.1 Å². The largest absolute Gasteiger partial charge is 0.356 e. The van der Waals surface area contributed by atoms with Crippen molar-refractivity contribution in [1.82, 2.24) is 29.5 Å². The van der Waals surface area contributed by atoms with Crippen LogP contribution in [0.5, 0.6) is 0 Å². The summed E-state index contributed by atoms with van der Waals surface area (Å²) in [4.78, 5) is 32.7. The normalized spacial score (nSPS) is 11.6. The van der Waals surface area contributed by atoms with Crippen molar-refractivity contribution in [1.29, 1.82) is 0 Å². The molecule has 0 fully saturated rings. The molecule has 176 valence electrons. The van der Waals surface area contributed by atoms with E-state index in [0.29, 0.717) is 24.3 Å². The second-order valence-corrected chi connectivity index (χ2v) is 9.91. The molecule has 0 saturated carbocycles. The first kappa shape index (κ1) is 24.3. The first-order chi connectivity index (χ1) is 15.7. The molecule has 0 unspecified atom stereocenters. The lowest BCUT2D eigenvalue weighted by Crippen LogP contribution is -2.30. The van der Waals surface area contributed by atoms with E-state index in [1.54, 1.807) is 30.6 Å². The molecule has 2 aromatic heterocycles.